The number of aromatic nitrogens is 2. The maximum Gasteiger partial charge on any atom is 0.274 e. The summed E-state index contributed by atoms with van der Waals surface area (Å²) >= 11 is 6.18. The largest absolute Gasteiger partial charge is 0.328 e. The fourth-order valence-electron chi connectivity index (χ4n) is 2.76. The molecule has 0 N–H and O–H groups in total. The van der Waals surface area contributed by atoms with E-state index in [1.165, 1.54) is 17.3 Å². The molecule has 1 aliphatic rings. The first kappa shape index (κ1) is 16.4. The van der Waals surface area contributed by atoms with Crippen LogP contribution in [0.1, 0.15) is 22.6 Å². The van der Waals surface area contributed by atoms with Crippen molar-refractivity contribution in [3.05, 3.63) is 53.1 Å². The van der Waals surface area contributed by atoms with Gasteiger partial charge >= 0.3 is 0 Å². The second-order valence-electron chi connectivity index (χ2n) is 5.70. The standard InChI is InChI=1S/C17H17ClN4O2/c1-11-9-20-13(10-19-11)16(23)21(2)15-7-8-22(17(15)24)14-6-4-3-5-12(14)18/h3-6,9-10,15H,7-8H2,1-2H3/t15-/m0/s1. The van der Waals surface area contributed by atoms with E-state index in [0.717, 1.165) is 5.69 Å². The molecule has 0 spiro atoms. The summed E-state index contributed by atoms with van der Waals surface area (Å²) in [6, 6.07) is 6.66. The highest BCUT2D eigenvalue weighted by atomic mass is 35.5. The smallest absolute Gasteiger partial charge is 0.274 e. The van der Waals surface area contributed by atoms with Gasteiger partial charge in [-0.3, -0.25) is 14.6 Å². The van der Waals surface area contributed by atoms with Crippen LogP contribution in [0.25, 0.3) is 0 Å². The molecule has 1 aliphatic heterocycles. The minimum atomic E-state index is -0.531. The lowest BCUT2D eigenvalue weighted by Crippen LogP contribution is -2.43. The van der Waals surface area contributed by atoms with Crippen molar-refractivity contribution in [3.8, 4) is 0 Å². The van der Waals surface area contributed by atoms with Gasteiger partial charge in [-0.15, -0.1) is 0 Å². The number of halogens is 1. The topological polar surface area (TPSA) is 66.4 Å². The van der Waals surface area contributed by atoms with Crippen molar-refractivity contribution >= 4 is 29.1 Å². The average Bonchev–Trinajstić information content (AvgIpc) is 2.96. The number of carbonyl (C=O) groups is 2. The summed E-state index contributed by atoms with van der Waals surface area (Å²) in [6.45, 7) is 2.32. The summed E-state index contributed by atoms with van der Waals surface area (Å²) in [7, 11) is 1.61. The minimum absolute atomic E-state index is 0.140. The Morgan fingerprint density at radius 3 is 2.71 bits per heavy atom. The predicted octanol–water partition coefficient (Wildman–Crippen LogP) is 2.32. The van der Waals surface area contributed by atoms with Crippen molar-refractivity contribution < 1.29 is 9.59 Å². The maximum atomic E-state index is 12.7. The predicted molar refractivity (Wildman–Crippen MR) is 91.1 cm³/mol. The number of anilines is 1. The van der Waals surface area contributed by atoms with Gasteiger partial charge in [0.1, 0.15) is 11.7 Å². The Hall–Kier alpha value is -2.47. The number of likely N-dealkylation sites (N-methyl/N-ethyl adjacent to an activating group) is 1. The van der Waals surface area contributed by atoms with Crippen molar-refractivity contribution in [2.24, 2.45) is 0 Å². The molecule has 0 aliphatic carbocycles. The van der Waals surface area contributed by atoms with Gasteiger partial charge in [-0.05, 0) is 25.5 Å². The number of nitrogens with zero attached hydrogens (tertiary/aromatic N) is 4. The van der Waals surface area contributed by atoms with E-state index in [4.69, 9.17) is 11.6 Å². The van der Waals surface area contributed by atoms with E-state index in [1.807, 2.05) is 12.1 Å². The van der Waals surface area contributed by atoms with Crippen LogP contribution >= 0.6 is 11.6 Å². The van der Waals surface area contributed by atoms with Crippen molar-refractivity contribution in [2.75, 3.05) is 18.5 Å². The molecule has 24 heavy (non-hydrogen) atoms. The summed E-state index contributed by atoms with van der Waals surface area (Å²) in [6.07, 6.45) is 3.51. The van der Waals surface area contributed by atoms with E-state index in [0.29, 0.717) is 23.7 Å². The van der Waals surface area contributed by atoms with Gasteiger partial charge in [0, 0.05) is 19.8 Å². The van der Waals surface area contributed by atoms with Crippen LogP contribution in [0.3, 0.4) is 0 Å². The van der Waals surface area contributed by atoms with Crippen molar-refractivity contribution in [3.63, 3.8) is 0 Å². The molecule has 1 atom stereocenters. The van der Waals surface area contributed by atoms with Crippen LogP contribution in [0.15, 0.2) is 36.7 Å². The third kappa shape index (κ3) is 2.97. The zero-order valence-corrected chi connectivity index (χ0v) is 14.2. The number of hydrogen-bond donors (Lipinski definition) is 0. The van der Waals surface area contributed by atoms with Gasteiger partial charge < -0.3 is 9.80 Å². The average molecular weight is 345 g/mol. The number of hydrogen-bond acceptors (Lipinski definition) is 4. The molecule has 6 nitrogen and oxygen atoms in total. The summed E-state index contributed by atoms with van der Waals surface area (Å²) in [5.74, 6) is -0.458. The molecule has 0 saturated carbocycles. The molecule has 7 heteroatoms. The van der Waals surface area contributed by atoms with Gasteiger partial charge in [-0.25, -0.2) is 4.98 Å². The van der Waals surface area contributed by atoms with Gasteiger partial charge in [-0.1, -0.05) is 23.7 Å². The molecule has 2 aromatic rings. The molecule has 1 aromatic heterocycles. The first-order valence-electron chi connectivity index (χ1n) is 7.60. The van der Waals surface area contributed by atoms with Crippen molar-refractivity contribution in [1.82, 2.24) is 14.9 Å². The van der Waals surface area contributed by atoms with Crippen LogP contribution in [-0.4, -0.2) is 46.3 Å². The molecule has 0 radical (unpaired) electrons. The molecule has 0 unspecified atom stereocenters. The Morgan fingerprint density at radius 1 is 1.29 bits per heavy atom. The second-order valence-corrected chi connectivity index (χ2v) is 6.11. The Kier molecular flexibility index (Phi) is 4.49. The fourth-order valence-corrected chi connectivity index (χ4v) is 3.00. The second kappa shape index (κ2) is 6.57. The third-order valence-corrected chi connectivity index (χ3v) is 4.43. The summed E-state index contributed by atoms with van der Waals surface area (Å²) < 4.78 is 0. The molecular weight excluding hydrogens is 328 g/mol. The molecule has 0 bridgehead atoms. The first-order valence-corrected chi connectivity index (χ1v) is 7.98. The Labute approximate surface area is 145 Å². The van der Waals surface area contributed by atoms with Crippen LogP contribution in [0.4, 0.5) is 5.69 Å². The number of amides is 2. The highest BCUT2D eigenvalue weighted by molar-refractivity contribution is 6.34. The fraction of sp³-hybridized carbons (Fsp3) is 0.294. The van der Waals surface area contributed by atoms with E-state index in [2.05, 4.69) is 9.97 Å². The molecule has 124 valence electrons. The van der Waals surface area contributed by atoms with E-state index >= 15 is 0 Å². The lowest BCUT2D eigenvalue weighted by molar-refractivity contribution is -0.120. The van der Waals surface area contributed by atoms with Crippen molar-refractivity contribution in [1.29, 1.82) is 0 Å². The number of carbonyl (C=O) groups excluding carboxylic acids is 2. The minimum Gasteiger partial charge on any atom is -0.328 e. The summed E-state index contributed by atoms with van der Waals surface area (Å²) in [4.78, 5) is 36.5. The molecule has 3 rings (SSSR count). The van der Waals surface area contributed by atoms with Gasteiger partial charge in [-0.2, -0.15) is 0 Å². The number of benzene rings is 1. The van der Waals surface area contributed by atoms with E-state index < -0.39 is 6.04 Å². The van der Waals surface area contributed by atoms with Crippen LogP contribution < -0.4 is 4.90 Å². The normalized spacial score (nSPS) is 17.2. The highest BCUT2D eigenvalue weighted by Gasteiger charge is 2.38. The molecule has 2 amide bonds. The summed E-state index contributed by atoms with van der Waals surface area (Å²) in [5.41, 5.74) is 1.63. The Bertz CT molecular complexity index is 778. The lowest BCUT2D eigenvalue weighted by Gasteiger charge is -2.24. The van der Waals surface area contributed by atoms with Gasteiger partial charge in [0.2, 0.25) is 5.91 Å². The lowest BCUT2D eigenvalue weighted by atomic mass is 10.2. The Balaban J connectivity index is 1.78. The molecule has 1 fully saturated rings. The Morgan fingerprint density at radius 2 is 2.04 bits per heavy atom. The van der Waals surface area contributed by atoms with Crippen molar-refractivity contribution in [2.45, 2.75) is 19.4 Å². The van der Waals surface area contributed by atoms with Gasteiger partial charge in [0.25, 0.3) is 5.91 Å². The van der Waals surface area contributed by atoms with Gasteiger partial charge in [0.15, 0.2) is 0 Å². The SMILES string of the molecule is Cc1cnc(C(=O)N(C)[C@H]2CCN(c3ccccc3Cl)C2=O)cn1. The molecule has 2 heterocycles. The van der Waals surface area contributed by atoms with E-state index in [-0.39, 0.29) is 17.5 Å². The van der Waals surface area contributed by atoms with Gasteiger partial charge in [0.05, 0.1) is 22.6 Å². The number of para-hydroxylation sites is 1. The third-order valence-electron chi connectivity index (χ3n) is 4.11. The maximum absolute atomic E-state index is 12.7. The first-order chi connectivity index (χ1) is 11.5. The summed E-state index contributed by atoms with van der Waals surface area (Å²) in [5, 5.41) is 0.518. The van der Waals surface area contributed by atoms with Crippen LogP contribution in [-0.2, 0) is 4.79 Å². The molecule has 1 saturated heterocycles. The highest BCUT2D eigenvalue weighted by Crippen LogP contribution is 2.30. The van der Waals surface area contributed by atoms with Crippen LogP contribution in [0, 0.1) is 6.92 Å². The number of rotatable bonds is 3. The monoisotopic (exact) mass is 344 g/mol. The number of aryl methyl sites for hydroxylation is 1. The zero-order valence-electron chi connectivity index (χ0n) is 13.4. The molecular formula is C17H17ClN4O2. The quantitative estimate of drug-likeness (QED) is 0.857. The van der Waals surface area contributed by atoms with E-state index in [1.54, 1.807) is 31.0 Å². The molecule has 1 aromatic carbocycles. The van der Waals surface area contributed by atoms with E-state index in [9.17, 15) is 9.59 Å². The van der Waals surface area contributed by atoms with Crippen LogP contribution in [0.5, 0.6) is 0 Å². The van der Waals surface area contributed by atoms with Crippen LogP contribution in [0.2, 0.25) is 5.02 Å². The zero-order chi connectivity index (χ0) is 17.3.